The van der Waals surface area contributed by atoms with E-state index in [0.717, 1.165) is 4.88 Å². The summed E-state index contributed by atoms with van der Waals surface area (Å²) in [6.07, 6.45) is 1.72. The van der Waals surface area contributed by atoms with Gasteiger partial charge in [-0.3, -0.25) is 4.79 Å². The van der Waals surface area contributed by atoms with E-state index in [2.05, 4.69) is 10.3 Å². The first-order valence-corrected chi connectivity index (χ1v) is 8.54. The van der Waals surface area contributed by atoms with Crippen molar-refractivity contribution in [1.82, 2.24) is 10.3 Å². The Kier molecular flexibility index (Phi) is 5.25. The minimum atomic E-state index is -0.888. The van der Waals surface area contributed by atoms with E-state index in [-0.39, 0.29) is 5.91 Å². The molecular formula is C18H16N2O4S. The normalized spacial score (nSPS) is 12.4. The molecule has 25 heavy (non-hydrogen) atoms. The van der Waals surface area contributed by atoms with Crippen molar-refractivity contribution in [2.45, 2.75) is 19.6 Å². The third-order valence-corrected chi connectivity index (χ3v) is 4.23. The number of carbonyl (C=O) groups excluding carboxylic acids is 2. The Bertz CT molecular complexity index is 866. The van der Waals surface area contributed by atoms with E-state index in [9.17, 15) is 9.59 Å². The average molecular weight is 356 g/mol. The summed E-state index contributed by atoms with van der Waals surface area (Å²) in [7, 11) is 0. The van der Waals surface area contributed by atoms with Crippen LogP contribution in [0.2, 0.25) is 0 Å². The first kappa shape index (κ1) is 16.9. The van der Waals surface area contributed by atoms with Crippen LogP contribution in [0, 0.1) is 0 Å². The molecule has 3 aromatic rings. The summed E-state index contributed by atoms with van der Waals surface area (Å²) in [6.45, 7) is 1.94. The lowest BCUT2D eigenvalue weighted by atomic mass is 10.3. The molecule has 6 nitrogen and oxygen atoms in total. The molecule has 0 spiro atoms. The van der Waals surface area contributed by atoms with E-state index in [4.69, 9.17) is 9.15 Å². The van der Waals surface area contributed by atoms with Gasteiger partial charge in [-0.05, 0) is 30.5 Å². The van der Waals surface area contributed by atoms with Crippen molar-refractivity contribution in [3.05, 3.63) is 58.6 Å². The number of hydrogen-bond donors (Lipinski definition) is 1. The fourth-order valence-corrected chi connectivity index (χ4v) is 2.74. The molecule has 0 bridgehead atoms. The molecule has 7 heteroatoms. The molecule has 2 aromatic heterocycles. The lowest BCUT2D eigenvalue weighted by Crippen LogP contribution is -2.34. The number of benzene rings is 1. The fourth-order valence-electron chi connectivity index (χ4n) is 2.10. The number of para-hydroxylation sites is 2. The monoisotopic (exact) mass is 356 g/mol. The van der Waals surface area contributed by atoms with Crippen LogP contribution in [0.4, 0.5) is 0 Å². The van der Waals surface area contributed by atoms with Crippen LogP contribution in [0.3, 0.4) is 0 Å². The largest absolute Gasteiger partial charge is 0.449 e. The molecule has 0 aliphatic heterocycles. The molecule has 0 radical (unpaired) electrons. The van der Waals surface area contributed by atoms with Crippen LogP contribution < -0.4 is 5.32 Å². The number of carbonyl (C=O) groups is 2. The van der Waals surface area contributed by atoms with Crippen molar-refractivity contribution in [3.8, 4) is 0 Å². The second-order valence-corrected chi connectivity index (χ2v) is 6.26. The molecule has 1 amide bonds. The number of aromatic nitrogens is 1. The number of hydrogen-bond acceptors (Lipinski definition) is 6. The van der Waals surface area contributed by atoms with E-state index in [1.54, 1.807) is 17.4 Å². The SMILES string of the molecule is CC(OC(=O)/C=C/c1nc2ccccc2o1)C(=O)NCc1cccs1. The molecule has 0 aliphatic carbocycles. The van der Waals surface area contributed by atoms with Crippen LogP contribution in [0.15, 0.2) is 52.3 Å². The standard InChI is InChI=1S/C18H16N2O4S/c1-12(18(22)19-11-13-5-4-10-25-13)23-17(21)9-8-16-20-14-6-2-3-7-15(14)24-16/h2-10,12H,11H2,1H3,(H,19,22)/b9-8+. The van der Waals surface area contributed by atoms with Gasteiger partial charge in [0.15, 0.2) is 11.7 Å². The lowest BCUT2D eigenvalue weighted by molar-refractivity contribution is -0.150. The number of rotatable bonds is 6. The van der Waals surface area contributed by atoms with Crippen molar-refractivity contribution in [3.63, 3.8) is 0 Å². The lowest BCUT2D eigenvalue weighted by Gasteiger charge is -2.11. The van der Waals surface area contributed by atoms with Gasteiger partial charge >= 0.3 is 5.97 Å². The Morgan fingerprint density at radius 1 is 1.32 bits per heavy atom. The Morgan fingerprint density at radius 2 is 2.16 bits per heavy atom. The van der Waals surface area contributed by atoms with Crippen molar-refractivity contribution in [1.29, 1.82) is 0 Å². The summed E-state index contributed by atoms with van der Waals surface area (Å²) in [5.74, 6) is -0.689. The number of amides is 1. The molecule has 0 aliphatic rings. The van der Waals surface area contributed by atoms with E-state index in [0.29, 0.717) is 23.5 Å². The third kappa shape index (κ3) is 4.54. The number of oxazole rings is 1. The highest BCUT2D eigenvalue weighted by Gasteiger charge is 2.16. The van der Waals surface area contributed by atoms with Gasteiger partial charge in [-0.25, -0.2) is 9.78 Å². The van der Waals surface area contributed by atoms with E-state index < -0.39 is 12.1 Å². The van der Waals surface area contributed by atoms with Crippen molar-refractivity contribution in [2.24, 2.45) is 0 Å². The summed E-state index contributed by atoms with van der Waals surface area (Å²) in [4.78, 5) is 29.0. The smallest absolute Gasteiger partial charge is 0.331 e. The summed E-state index contributed by atoms with van der Waals surface area (Å²) in [5, 5.41) is 4.65. The third-order valence-electron chi connectivity index (χ3n) is 3.35. The first-order chi connectivity index (χ1) is 12.1. The Hall–Kier alpha value is -2.93. The van der Waals surface area contributed by atoms with Gasteiger partial charge in [0, 0.05) is 17.0 Å². The highest BCUT2D eigenvalue weighted by Crippen LogP contribution is 2.15. The average Bonchev–Trinajstić information content (AvgIpc) is 3.26. The number of nitrogens with zero attached hydrogens (tertiary/aromatic N) is 1. The van der Waals surface area contributed by atoms with Crippen molar-refractivity contribution in [2.75, 3.05) is 0 Å². The van der Waals surface area contributed by atoms with Crippen LogP contribution in [-0.4, -0.2) is 23.0 Å². The van der Waals surface area contributed by atoms with Gasteiger partial charge in [-0.15, -0.1) is 11.3 Å². The second kappa shape index (κ2) is 7.76. The Balaban J connectivity index is 1.51. The first-order valence-electron chi connectivity index (χ1n) is 7.66. The second-order valence-electron chi connectivity index (χ2n) is 5.23. The number of nitrogens with one attached hydrogen (secondary N) is 1. The summed E-state index contributed by atoms with van der Waals surface area (Å²) in [5.41, 5.74) is 1.34. The minimum absolute atomic E-state index is 0.299. The quantitative estimate of drug-likeness (QED) is 0.542. The van der Waals surface area contributed by atoms with Gasteiger partial charge in [0.25, 0.3) is 5.91 Å². The molecule has 1 atom stereocenters. The molecule has 0 fully saturated rings. The zero-order valence-corrected chi connectivity index (χ0v) is 14.3. The minimum Gasteiger partial charge on any atom is -0.449 e. The van der Waals surface area contributed by atoms with Crippen LogP contribution in [0.25, 0.3) is 17.2 Å². The van der Waals surface area contributed by atoms with Gasteiger partial charge in [0.05, 0.1) is 6.54 Å². The maximum absolute atomic E-state index is 11.9. The molecule has 0 saturated carbocycles. The maximum Gasteiger partial charge on any atom is 0.331 e. The molecule has 1 N–H and O–H groups in total. The van der Waals surface area contributed by atoms with Crippen LogP contribution in [-0.2, 0) is 20.9 Å². The predicted octanol–water partition coefficient (Wildman–Crippen LogP) is 3.15. The van der Waals surface area contributed by atoms with E-state index in [1.807, 2.05) is 35.7 Å². The van der Waals surface area contributed by atoms with Crippen LogP contribution >= 0.6 is 11.3 Å². The van der Waals surface area contributed by atoms with Crippen molar-refractivity contribution >= 4 is 40.4 Å². The van der Waals surface area contributed by atoms with Gasteiger partial charge < -0.3 is 14.5 Å². The molecule has 0 saturated heterocycles. The van der Waals surface area contributed by atoms with Gasteiger partial charge in [-0.2, -0.15) is 0 Å². The highest BCUT2D eigenvalue weighted by atomic mass is 32.1. The Morgan fingerprint density at radius 3 is 2.92 bits per heavy atom. The summed E-state index contributed by atoms with van der Waals surface area (Å²) < 4.78 is 10.5. The number of fused-ring (bicyclic) bond motifs is 1. The molecule has 3 rings (SSSR count). The molecular weight excluding hydrogens is 340 g/mol. The molecule has 1 unspecified atom stereocenters. The maximum atomic E-state index is 11.9. The summed E-state index contributed by atoms with van der Waals surface area (Å²) >= 11 is 1.55. The van der Waals surface area contributed by atoms with Gasteiger partial charge in [0.2, 0.25) is 5.89 Å². The van der Waals surface area contributed by atoms with E-state index in [1.165, 1.54) is 19.1 Å². The number of thiophene rings is 1. The number of esters is 1. The summed E-state index contributed by atoms with van der Waals surface area (Å²) in [6, 6.07) is 11.1. The molecule has 2 heterocycles. The molecule has 128 valence electrons. The van der Waals surface area contributed by atoms with Gasteiger partial charge in [-0.1, -0.05) is 18.2 Å². The van der Waals surface area contributed by atoms with Crippen LogP contribution in [0.1, 0.15) is 17.7 Å². The predicted molar refractivity (Wildman–Crippen MR) is 94.8 cm³/mol. The number of ether oxygens (including phenoxy) is 1. The topological polar surface area (TPSA) is 81.4 Å². The zero-order chi connectivity index (χ0) is 17.6. The molecule has 1 aromatic carbocycles. The van der Waals surface area contributed by atoms with Crippen molar-refractivity contribution < 1.29 is 18.7 Å². The van der Waals surface area contributed by atoms with E-state index >= 15 is 0 Å². The fraction of sp³-hybridized carbons (Fsp3) is 0.167. The van der Waals surface area contributed by atoms with Gasteiger partial charge in [0.1, 0.15) is 5.52 Å². The highest BCUT2D eigenvalue weighted by molar-refractivity contribution is 7.09. The Labute approximate surface area is 148 Å². The van der Waals surface area contributed by atoms with Crippen LogP contribution in [0.5, 0.6) is 0 Å². The zero-order valence-electron chi connectivity index (χ0n) is 13.5.